The molecule has 0 aromatic heterocycles. The molecule has 2 fully saturated rings. The molecule has 0 unspecified atom stereocenters. The maximum absolute atomic E-state index is 14.0. The number of rotatable bonds is 6. The van der Waals surface area contributed by atoms with E-state index in [0.29, 0.717) is 49.2 Å². The predicted molar refractivity (Wildman–Crippen MR) is 154 cm³/mol. The van der Waals surface area contributed by atoms with Gasteiger partial charge in [0.15, 0.2) is 0 Å². The van der Waals surface area contributed by atoms with E-state index < -0.39 is 53.1 Å². The van der Waals surface area contributed by atoms with Gasteiger partial charge in [-0.2, -0.15) is 26.3 Å². The molecular weight excluding hydrogens is 621 g/mol. The van der Waals surface area contributed by atoms with Gasteiger partial charge in [-0.15, -0.1) is 0 Å². The molecule has 2 saturated heterocycles. The quantitative estimate of drug-likeness (QED) is 0.382. The normalized spacial score (nSPS) is 20.7. The summed E-state index contributed by atoms with van der Waals surface area (Å²) in [4.78, 5) is 41.6. The van der Waals surface area contributed by atoms with E-state index in [0.717, 1.165) is 4.90 Å². The monoisotopic (exact) mass is 658 g/mol. The van der Waals surface area contributed by atoms with Gasteiger partial charge in [0.25, 0.3) is 0 Å². The number of benzene rings is 2. The molecule has 46 heavy (non-hydrogen) atoms. The number of hydrogen-bond donors (Lipinski definition) is 1. The van der Waals surface area contributed by atoms with Gasteiger partial charge in [-0.3, -0.25) is 19.8 Å². The number of aryl methyl sites for hydroxylation is 1. The van der Waals surface area contributed by atoms with Gasteiger partial charge in [-0.25, -0.2) is 9.40 Å². The third-order valence-electron chi connectivity index (χ3n) is 9.16. The van der Waals surface area contributed by atoms with Crippen molar-refractivity contribution in [1.29, 1.82) is 0 Å². The molecule has 14 heteroatoms. The number of nitrogens with zero attached hydrogens (tertiary/aromatic N) is 3. The molecule has 2 heterocycles. The zero-order valence-corrected chi connectivity index (χ0v) is 25.9. The zero-order chi connectivity index (χ0) is 34.1. The van der Waals surface area contributed by atoms with Gasteiger partial charge < -0.3 is 9.80 Å². The van der Waals surface area contributed by atoms with Gasteiger partial charge in [0.1, 0.15) is 5.82 Å². The highest BCUT2D eigenvalue weighted by atomic mass is 19.4. The molecule has 7 nitrogen and oxygen atoms in total. The molecular formula is C32H37F7N4O3. The number of piperidine rings is 2. The Labute approximate surface area is 262 Å². The predicted octanol–water partition coefficient (Wildman–Crippen LogP) is 6.09. The van der Waals surface area contributed by atoms with E-state index in [1.165, 1.54) is 33.0 Å². The third kappa shape index (κ3) is 7.99. The van der Waals surface area contributed by atoms with E-state index in [1.807, 2.05) is 0 Å². The zero-order valence-electron chi connectivity index (χ0n) is 25.9. The molecule has 0 spiro atoms. The fourth-order valence-electron chi connectivity index (χ4n) is 6.32. The lowest BCUT2D eigenvalue weighted by molar-refractivity contribution is -0.143. The van der Waals surface area contributed by atoms with Gasteiger partial charge >= 0.3 is 12.4 Å². The summed E-state index contributed by atoms with van der Waals surface area (Å²) in [6.45, 7) is 5.83. The first-order valence-electron chi connectivity index (χ1n) is 15.0. The second-order valence-corrected chi connectivity index (χ2v) is 12.2. The number of halogens is 7. The Morgan fingerprint density at radius 2 is 1.50 bits per heavy atom. The minimum absolute atomic E-state index is 0.0437. The Morgan fingerprint density at radius 1 is 0.913 bits per heavy atom. The molecule has 2 aliphatic rings. The van der Waals surface area contributed by atoms with Crippen LogP contribution in [0.15, 0.2) is 36.4 Å². The molecule has 0 aliphatic carbocycles. The van der Waals surface area contributed by atoms with Gasteiger partial charge in [0.05, 0.1) is 17.2 Å². The van der Waals surface area contributed by atoms with E-state index in [2.05, 4.69) is 5.43 Å². The van der Waals surface area contributed by atoms with Crippen molar-refractivity contribution in [3.05, 3.63) is 70.0 Å². The van der Waals surface area contributed by atoms with Crippen LogP contribution in [-0.4, -0.2) is 65.8 Å². The number of alkyl halides is 6. The topological polar surface area (TPSA) is 73.0 Å². The highest BCUT2D eigenvalue weighted by Gasteiger charge is 2.41. The number of nitrogens with one attached hydrogen (secondary N) is 1. The third-order valence-corrected chi connectivity index (χ3v) is 9.16. The Balaban J connectivity index is 1.57. The summed E-state index contributed by atoms with van der Waals surface area (Å²) in [7, 11) is 1.33. The number of hydrazine groups is 1. The SMILES string of the molecule is CC(=O)N1CCC(C(=O)NN2CC[C@H](C(=O)N(C)[C@@H](C)c3cc(C(F)(F)F)cc(C(F)(F)F)c3)[C@@H](c3ccc(F)cc3C)C2)CC1. The largest absolute Gasteiger partial charge is 0.416 e. The number of amides is 3. The fraction of sp³-hybridized carbons (Fsp3) is 0.531. The Hall–Kier alpha value is -3.68. The van der Waals surface area contributed by atoms with Crippen LogP contribution in [0.4, 0.5) is 30.7 Å². The van der Waals surface area contributed by atoms with E-state index in [9.17, 15) is 45.1 Å². The average molecular weight is 659 g/mol. The smallest absolute Gasteiger partial charge is 0.343 e. The first-order chi connectivity index (χ1) is 21.4. The van der Waals surface area contributed by atoms with Crippen LogP contribution < -0.4 is 5.43 Å². The Bertz CT molecular complexity index is 1420. The van der Waals surface area contributed by atoms with Crippen molar-refractivity contribution < 1.29 is 45.1 Å². The van der Waals surface area contributed by atoms with Crippen LogP contribution in [0.1, 0.15) is 72.9 Å². The molecule has 3 atom stereocenters. The van der Waals surface area contributed by atoms with Gasteiger partial charge in [0, 0.05) is 57.9 Å². The second-order valence-electron chi connectivity index (χ2n) is 12.2. The lowest BCUT2D eigenvalue weighted by Crippen LogP contribution is -2.54. The summed E-state index contributed by atoms with van der Waals surface area (Å²) in [5, 5.41) is 1.68. The highest BCUT2D eigenvalue weighted by Crippen LogP contribution is 2.40. The minimum Gasteiger partial charge on any atom is -0.343 e. The van der Waals surface area contributed by atoms with Crippen molar-refractivity contribution in [2.45, 2.75) is 64.3 Å². The van der Waals surface area contributed by atoms with Crippen molar-refractivity contribution >= 4 is 17.7 Å². The van der Waals surface area contributed by atoms with Crippen LogP contribution in [0.25, 0.3) is 0 Å². The molecule has 2 aromatic rings. The average Bonchev–Trinajstić information content (AvgIpc) is 2.99. The summed E-state index contributed by atoms with van der Waals surface area (Å²) in [6, 6.07) is 4.23. The molecule has 1 N–H and O–H groups in total. The standard InChI is InChI=1S/C32H37F7N4O3/c1-18-13-25(33)5-6-26(18)28-17-43(40-29(45)21-7-10-42(11-8-21)20(3)44)12-9-27(28)30(46)41(4)19(2)22-14-23(31(34,35)36)16-24(15-22)32(37,38)39/h5-6,13-16,19,21,27-28H,7-12,17H2,1-4H3,(H,40,45)/t19-,27-,28+/m0/s1. The number of carbonyl (C=O) groups excluding carboxylic acids is 3. The summed E-state index contributed by atoms with van der Waals surface area (Å²) >= 11 is 0. The number of hydrogen-bond acceptors (Lipinski definition) is 4. The lowest BCUT2D eigenvalue weighted by Gasteiger charge is -2.41. The lowest BCUT2D eigenvalue weighted by atomic mass is 9.78. The molecule has 0 saturated carbocycles. The molecule has 2 aromatic carbocycles. The minimum atomic E-state index is -5.04. The van der Waals surface area contributed by atoms with Crippen LogP contribution in [0.5, 0.6) is 0 Å². The van der Waals surface area contributed by atoms with Crippen molar-refractivity contribution in [1.82, 2.24) is 20.2 Å². The highest BCUT2D eigenvalue weighted by molar-refractivity contribution is 5.81. The molecule has 0 radical (unpaired) electrons. The van der Waals surface area contributed by atoms with Crippen LogP contribution in [0, 0.1) is 24.6 Å². The maximum Gasteiger partial charge on any atom is 0.416 e. The second kappa shape index (κ2) is 13.6. The molecule has 4 rings (SSSR count). The van der Waals surface area contributed by atoms with E-state index in [1.54, 1.807) is 22.9 Å². The summed E-state index contributed by atoms with van der Waals surface area (Å²) in [6.07, 6.45) is -8.88. The van der Waals surface area contributed by atoms with Crippen molar-refractivity contribution in [3.63, 3.8) is 0 Å². The molecule has 0 bridgehead atoms. The first-order valence-corrected chi connectivity index (χ1v) is 15.0. The van der Waals surface area contributed by atoms with Crippen molar-refractivity contribution in [2.24, 2.45) is 11.8 Å². The Morgan fingerprint density at radius 3 is 2.02 bits per heavy atom. The van der Waals surface area contributed by atoms with Crippen LogP contribution in [0.3, 0.4) is 0 Å². The van der Waals surface area contributed by atoms with Crippen LogP contribution in [0.2, 0.25) is 0 Å². The van der Waals surface area contributed by atoms with Gasteiger partial charge in [-0.1, -0.05) is 6.07 Å². The van der Waals surface area contributed by atoms with Crippen molar-refractivity contribution in [3.8, 4) is 0 Å². The molecule has 252 valence electrons. The van der Waals surface area contributed by atoms with Gasteiger partial charge in [-0.05, 0) is 80.1 Å². The summed E-state index contributed by atoms with van der Waals surface area (Å²) < 4.78 is 95.2. The fourth-order valence-corrected chi connectivity index (χ4v) is 6.32. The number of likely N-dealkylation sites (tertiary alicyclic amines) is 1. The summed E-state index contributed by atoms with van der Waals surface area (Å²) in [5.41, 5.74) is 0.836. The molecule has 2 aliphatic heterocycles. The summed E-state index contributed by atoms with van der Waals surface area (Å²) in [5.74, 6) is -2.94. The van der Waals surface area contributed by atoms with E-state index >= 15 is 0 Å². The van der Waals surface area contributed by atoms with Crippen LogP contribution in [-0.2, 0) is 26.7 Å². The number of carbonyl (C=O) groups is 3. The first kappa shape index (κ1) is 35.2. The van der Waals surface area contributed by atoms with E-state index in [4.69, 9.17) is 0 Å². The Kier molecular flexibility index (Phi) is 10.4. The maximum atomic E-state index is 14.0. The molecule has 3 amide bonds. The van der Waals surface area contributed by atoms with Gasteiger partial charge in [0.2, 0.25) is 17.7 Å². The van der Waals surface area contributed by atoms with Crippen molar-refractivity contribution in [2.75, 3.05) is 33.2 Å². The van der Waals surface area contributed by atoms with E-state index in [-0.39, 0.29) is 48.9 Å². The van der Waals surface area contributed by atoms with Crippen LogP contribution >= 0.6 is 0 Å².